The summed E-state index contributed by atoms with van der Waals surface area (Å²) in [5.41, 5.74) is 6.68. The van der Waals surface area contributed by atoms with Gasteiger partial charge in [-0.15, -0.1) is 0 Å². The molecule has 0 aliphatic rings. The van der Waals surface area contributed by atoms with E-state index in [9.17, 15) is 13.6 Å². The number of hydrogen-bond donors (Lipinski definition) is 3. The number of ether oxygens (including phenoxy) is 1. The van der Waals surface area contributed by atoms with Crippen LogP contribution >= 0.6 is 0 Å². The number of amides is 2. The van der Waals surface area contributed by atoms with Gasteiger partial charge in [0.15, 0.2) is 0 Å². The predicted octanol–water partition coefficient (Wildman–Crippen LogP) is 1.67. The van der Waals surface area contributed by atoms with Crippen molar-refractivity contribution >= 4 is 17.4 Å². The molecule has 100 valence electrons. The van der Waals surface area contributed by atoms with E-state index in [1.54, 1.807) is 24.3 Å². The molecule has 5 nitrogen and oxygen atoms in total. The van der Waals surface area contributed by atoms with E-state index in [4.69, 9.17) is 5.73 Å². The van der Waals surface area contributed by atoms with Crippen LogP contribution in [0, 0.1) is 0 Å². The summed E-state index contributed by atoms with van der Waals surface area (Å²) in [4.78, 5) is 11.3. The van der Waals surface area contributed by atoms with Crippen molar-refractivity contribution in [2.45, 2.75) is 6.43 Å². The summed E-state index contributed by atoms with van der Waals surface area (Å²) in [6.07, 6.45) is -2.49. The Morgan fingerprint density at radius 3 is 2.61 bits per heavy atom. The van der Waals surface area contributed by atoms with Crippen LogP contribution in [-0.2, 0) is 4.74 Å². The first kappa shape index (κ1) is 14.2. The molecule has 0 saturated carbocycles. The van der Waals surface area contributed by atoms with Gasteiger partial charge in [-0.3, -0.25) is 0 Å². The van der Waals surface area contributed by atoms with E-state index in [2.05, 4.69) is 15.4 Å². The van der Waals surface area contributed by atoms with E-state index < -0.39 is 19.1 Å². The first-order valence-electron chi connectivity index (χ1n) is 5.34. The number of carbonyl (C=O) groups is 1. The molecule has 0 saturated heterocycles. The first-order valence-corrected chi connectivity index (χ1v) is 5.34. The molecule has 1 rings (SSSR count). The second kappa shape index (κ2) is 7.44. The molecule has 2 amide bonds. The zero-order chi connectivity index (χ0) is 13.4. The maximum absolute atomic E-state index is 11.7. The smallest absolute Gasteiger partial charge is 0.319 e. The van der Waals surface area contributed by atoms with E-state index in [1.807, 2.05) is 0 Å². The van der Waals surface area contributed by atoms with Crippen LogP contribution in [0.1, 0.15) is 0 Å². The molecule has 4 N–H and O–H groups in total. The Balaban J connectivity index is 2.16. The molecule has 1 aromatic rings. The summed E-state index contributed by atoms with van der Waals surface area (Å²) in [5.74, 6) is 0. The van der Waals surface area contributed by atoms with Crippen LogP contribution in [0.5, 0.6) is 0 Å². The molecule has 0 radical (unpaired) electrons. The molecular weight excluding hydrogens is 244 g/mol. The number of nitrogen functional groups attached to an aromatic ring is 1. The van der Waals surface area contributed by atoms with Crippen LogP contribution in [0.3, 0.4) is 0 Å². The summed E-state index contributed by atoms with van der Waals surface area (Å²) < 4.78 is 28.0. The number of alkyl halides is 2. The van der Waals surface area contributed by atoms with Crippen molar-refractivity contribution in [3.63, 3.8) is 0 Å². The summed E-state index contributed by atoms with van der Waals surface area (Å²) in [7, 11) is 0. The second-order valence-electron chi connectivity index (χ2n) is 3.47. The zero-order valence-electron chi connectivity index (χ0n) is 9.66. The summed E-state index contributed by atoms with van der Waals surface area (Å²) in [6.45, 7) is -0.422. The van der Waals surface area contributed by atoms with E-state index in [0.717, 1.165) is 0 Å². The van der Waals surface area contributed by atoms with Gasteiger partial charge >= 0.3 is 6.03 Å². The van der Waals surface area contributed by atoms with Crippen molar-refractivity contribution in [3.05, 3.63) is 24.3 Å². The summed E-state index contributed by atoms with van der Waals surface area (Å²) in [6, 6.07) is 6.19. The van der Waals surface area contributed by atoms with Crippen molar-refractivity contribution in [2.75, 3.05) is 30.8 Å². The molecular formula is C11H15F2N3O2. The fourth-order valence-electron chi connectivity index (χ4n) is 1.15. The summed E-state index contributed by atoms with van der Waals surface area (Å²) in [5, 5.41) is 5.03. The average molecular weight is 259 g/mol. The number of halogens is 2. The van der Waals surface area contributed by atoms with E-state index in [0.29, 0.717) is 11.4 Å². The minimum Gasteiger partial charge on any atom is -0.399 e. The predicted molar refractivity (Wildman–Crippen MR) is 64.7 cm³/mol. The van der Waals surface area contributed by atoms with E-state index in [-0.39, 0.29) is 13.2 Å². The second-order valence-corrected chi connectivity index (χ2v) is 3.47. The Bertz CT molecular complexity index is 371. The molecule has 0 aliphatic carbocycles. The normalized spacial score (nSPS) is 10.4. The highest BCUT2D eigenvalue weighted by Crippen LogP contribution is 2.09. The van der Waals surface area contributed by atoms with Crippen molar-refractivity contribution < 1.29 is 18.3 Å². The fourth-order valence-corrected chi connectivity index (χ4v) is 1.15. The number of carbonyl (C=O) groups excluding carboxylic acids is 1. The van der Waals surface area contributed by atoms with Gasteiger partial charge in [0.1, 0.15) is 6.61 Å². The molecule has 0 spiro atoms. The number of nitrogens with two attached hydrogens (primary N) is 1. The third-order valence-electron chi connectivity index (χ3n) is 1.94. The maximum atomic E-state index is 11.7. The van der Waals surface area contributed by atoms with Crippen LogP contribution in [0.4, 0.5) is 25.0 Å². The lowest BCUT2D eigenvalue weighted by Crippen LogP contribution is -2.31. The Hall–Kier alpha value is -1.89. The fraction of sp³-hybridized carbons (Fsp3) is 0.364. The van der Waals surface area contributed by atoms with Gasteiger partial charge in [-0.05, 0) is 24.3 Å². The zero-order valence-corrected chi connectivity index (χ0v) is 9.66. The molecule has 0 unspecified atom stereocenters. The van der Waals surface area contributed by atoms with Crippen LogP contribution < -0.4 is 16.4 Å². The largest absolute Gasteiger partial charge is 0.399 e. The maximum Gasteiger partial charge on any atom is 0.319 e. The first-order chi connectivity index (χ1) is 8.58. The lowest BCUT2D eigenvalue weighted by atomic mass is 10.3. The highest BCUT2D eigenvalue weighted by molar-refractivity contribution is 5.89. The number of rotatable bonds is 6. The van der Waals surface area contributed by atoms with Gasteiger partial charge in [-0.25, -0.2) is 13.6 Å². The van der Waals surface area contributed by atoms with Crippen molar-refractivity contribution in [1.29, 1.82) is 0 Å². The molecule has 1 aromatic carbocycles. The molecule has 0 aliphatic heterocycles. The minimum atomic E-state index is -2.49. The molecule has 0 heterocycles. The van der Waals surface area contributed by atoms with Crippen LogP contribution in [0.2, 0.25) is 0 Å². The van der Waals surface area contributed by atoms with Crippen LogP contribution in [0.25, 0.3) is 0 Å². The summed E-state index contributed by atoms with van der Waals surface area (Å²) >= 11 is 0. The Kier molecular flexibility index (Phi) is 5.86. The molecule has 0 aromatic heterocycles. The van der Waals surface area contributed by atoms with Crippen molar-refractivity contribution in [3.8, 4) is 0 Å². The molecule has 0 fully saturated rings. The van der Waals surface area contributed by atoms with Gasteiger partial charge in [0.2, 0.25) is 0 Å². The van der Waals surface area contributed by atoms with E-state index in [1.165, 1.54) is 0 Å². The molecule has 7 heteroatoms. The van der Waals surface area contributed by atoms with Crippen LogP contribution in [0.15, 0.2) is 24.3 Å². The highest BCUT2D eigenvalue weighted by Gasteiger charge is 2.03. The SMILES string of the molecule is Nc1ccc(NC(=O)NCCOCC(F)F)cc1. The number of hydrogen-bond acceptors (Lipinski definition) is 3. The monoisotopic (exact) mass is 259 g/mol. The standard InChI is InChI=1S/C11H15F2N3O2/c12-10(13)7-18-6-5-15-11(17)16-9-3-1-8(14)2-4-9/h1-4,10H,5-7,14H2,(H2,15,16,17). The molecule has 0 atom stereocenters. The van der Waals surface area contributed by atoms with Crippen molar-refractivity contribution in [1.82, 2.24) is 5.32 Å². The van der Waals surface area contributed by atoms with Gasteiger partial charge in [-0.1, -0.05) is 0 Å². The molecule has 18 heavy (non-hydrogen) atoms. The Morgan fingerprint density at radius 1 is 1.33 bits per heavy atom. The third kappa shape index (κ3) is 6.00. The quantitative estimate of drug-likeness (QED) is 0.537. The third-order valence-corrected chi connectivity index (χ3v) is 1.94. The minimum absolute atomic E-state index is 0.0412. The number of urea groups is 1. The van der Waals surface area contributed by atoms with Gasteiger partial charge in [0.25, 0.3) is 6.43 Å². The van der Waals surface area contributed by atoms with Gasteiger partial charge in [0, 0.05) is 17.9 Å². The Morgan fingerprint density at radius 2 is 2.00 bits per heavy atom. The van der Waals surface area contributed by atoms with Crippen molar-refractivity contribution in [2.24, 2.45) is 0 Å². The van der Waals surface area contributed by atoms with E-state index >= 15 is 0 Å². The number of benzene rings is 1. The number of nitrogens with one attached hydrogen (secondary N) is 2. The lowest BCUT2D eigenvalue weighted by Gasteiger charge is -2.08. The average Bonchev–Trinajstić information content (AvgIpc) is 2.31. The topological polar surface area (TPSA) is 76.4 Å². The van der Waals surface area contributed by atoms with Gasteiger partial charge in [0.05, 0.1) is 6.61 Å². The lowest BCUT2D eigenvalue weighted by molar-refractivity contribution is 0.0194. The van der Waals surface area contributed by atoms with Gasteiger partial charge < -0.3 is 21.1 Å². The number of anilines is 2. The molecule has 0 bridgehead atoms. The van der Waals surface area contributed by atoms with Gasteiger partial charge in [-0.2, -0.15) is 0 Å². The highest BCUT2D eigenvalue weighted by atomic mass is 19.3. The Labute approximate surface area is 103 Å². The van der Waals surface area contributed by atoms with Crippen LogP contribution in [-0.4, -0.2) is 32.2 Å².